The van der Waals surface area contributed by atoms with Crippen LogP contribution in [-0.2, 0) is 0 Å². The molecule has 1 fully saturated rings. The molecule has 0 bridgehead atoms. The molecule has 0 saturated carbocycles. The van der Waals surface area contributed by atoms with Crippen LogP contribution in [0.25, 0.3) is 0 Å². The number of piperazine rings is 1. The second-order valence-corrected chi connectivity index (χ2v) is 6.06. The maximum atomic E-state index is 13.7. The highest BCUT2D eigenvalue weighted by Gasteiger charge is 2.27. The van der Waals surface area contributed by atoms with Crippen molar-refractivity contribution in [3.8, 4) is 5.75 Å². The molecule has 1 atom stereocenters. The Hall–Kier alpha value is -1.13. The van der Waals surface area contributed by atoms with E-state index in [9.17, 15) is 9.50 Å². The van der Waals surface area contributed by atoms with Crippen LogP contribution in [0.1, 0.15) is 37.4 Å². The fourth-order valence-electron chi connectivity index (χ4n) is 2.99. The average molecular weight is 280 g/mol. The Kier molecular flexibility index (Phi) is 5.00. The lowest BCUT2D eigenvalue weighted by Crippen LogP contribution is -2.45. The van der Waals surface area contributed by atoms with Gasteiger partial charge >= 0.3 is 0 Å². The lowest BCUT2D eigenvalue weighted by Gasteiger charge is -2.37. The van der Waals surface area contributed by atoms with Gasteiger partial charge in [-0.3, -0.25) is 4.90 Å². The molecule has 1 aromatic carbocycles. The fraction of sp³-hybridized carbons (Fsp3) is 0.625. The van der Waals surface area contributed by atoms with Gasteiger partial charge in [-0.15, -0.1) is 0 Å². The van der Waals surface area contributed by atoms with Crippen molar-refractivity contribution in [1.29, 1.82) is 0 Å². The van der Waals surface area contributed by atoms with Gasteiger partial charge in [0.2, 0.25) is 0 Å². The predicted molar refractivity (Wildman–Crippen MR) is 79.4 cm³/mol. The molecule has 1 saturated heterocycles. The summed E-state index contributed by atoms with van der Waals surface area (Å²) in [5, 5.41) is 13.5. The minimum atomic E-state index is -0.519. The summed E-state index contributed by atoms with van der Waals surface area (Å²) in [6, 6.07) is 3.20. The van der Waals surface area contributed by atoms with Crippen molar-refractivity contribution in [2.24, 2.45) is 5.92 Å². The van der Waals surface area contributed by atoms with Crippen LogP contribution in [-0.4, -0.2) is 36.2 Å². The third-order valence-corrected chi connectivity index (χ3v) is 4.01. The molecule has 2 rings (SSSR count). The van der Waals surface area contributed by atoms with Gasteiger partial charge in [0.1, 0.15) is 0 Å². The van der Waals surface area contributed by atoms with Crippen molar-refractivity contribution < 1.29 is 9.50 Å². The van der Waals surface area contributed by atoms with E-state index < -0.39 is 5.82 Å². The molecule has 3 nitrogen and oxygen atoms in total. The third kappa shape index (κ3) is 3.30. The minimum absolute atomic E-state index is 0.0906. The molecule has 0 aromatic heterocycles. The number of hydrogen-bond donors (Lipinski definition) is 2. The van der Waals surface area contributed by atoms with Crippen LogP contribution in [0.4, 0.5) is 4.39 Å². The van der Waals surface area contributed by atoms with Crippen molar-refractivity contribution in [2.75, 3.05) is 26.2 Å². The van der Waals surface area contributed by atoms with Crippen LogP contribution < -0.4 is 5.32 Å². The van der Waals surface area contributed by atoms with Crippen molar-refractivity contribution in [3.63, 3.8) is 0 Å². The van der Waals surface area contributed by atoms with Gasteiger partial charge in [-0.2, -0.15) is 0 Å². The van der Waals surface area contributed by atoms with Gasteiger partial charge < -0.3 is 10.4 Å². The second-order valence-electron chi connectivity index (χ2n) is 6.06. The van der Waals surface area contributed by atoms with E-state index >= 15 is 0 Å². The van der Waals surface area contributed by atoms with Gasteiger partial charge in [-0.05, 0) is 30.9 Å². The summed E-state index contributed by atoms with van der Waals surface area (Å²) >= 11 is 0. The van der Waals surface area contributed by atoms with E-state index in [-0.39, 0.29) is 11.8 Å². The first-order chi connectivity index (χ1) is 9.50. The van der Waals surface area contributed by atoms with Gasteiger partial charge in [0.05, 0.1) is 0 Å². The largest absolute Gasteiger partial charge is 0.505 e. The van der Waals surface area contributed by atoms with Crippen molar-refractivity contribution >= 4 is 0 Å². The van der Waals surface area contributed by atoms with Crippen LogP contribution in [0.3, 0.4) is 0 Å². The predicted octanol–water partition coefficient (Wildman–Crippen LogP) is 2.83. The van der Waals surface area contributed by atoms with Crippen LogP contribution in [0.5, 0.6) is 5.75 Å². The van der Waals surface area contributed by atoms with Crippen molar-refractivity contribution in [1.82, 2.24) is 10.2 Å². The molecular formula is C16H25FN2O. The molecule has 0 radical (unpaired) electrons. The lowest BCUT2D eigenvalue weighted by molar-refractivity contribution is 0.150. The maximum Gasteiger partial charge on any atom is 0.165 e. The first-order valence-corrected chi connectivity index (χ1v) is 7.43. The van der Waals surface area contributed by atoms with Gasteiger partial charge in [-0.1, -0.05) is 19.9 Å². The minimum Gasteiger partial charge on any atom is -0.505 e. The first-order valence-electron chi connectivity index (χ1n) is 7.43. The van der Waals surface area contributed by atoms with Crippen LogP contribution >= 0.6 is 0 Å². The Balaban J connectivity index is 2.37. The molecular weight excluding hydrogens is 255 g/mol. The average Bonchev–Trinajstić information content (AvgIpc) is 2.43. The van der Waals surface area contributed by atoms with E-state index in [1.807, 2.05) is 6.92 Å². The molecule has 0 amide bonds. The Morgan fingerprint density at radius 3 is 2.55 bits per heavy atom. The molecule has 2 N–H and O–H groups in total. The smallest absolute Gasteiger partial charge is 0.165 e. The monoisotopic (exact) mass is 280 g/mol. The van der Waals surface area contributed by atoms with Crippen molar-refractivity contribution in [3.05, 3.63) is 29.1 Å². The number of nitrogens with one attached hydrogen (secondary N) is 1. The lowest BCUT2D eigenvalue weighted by atomic mass is 9.91. The molecule has 0 aliphatic carbocycles. The van der Waals surface area contributed by atoms with E-state index in [0.717, 1.165) is 43.7 Å². The van der Waals surface area contributed by atoms with Crippen molar-refractivity contribution in [2.45, 2.75) is 33.2 Å². The number of phenols is 1. The number of halogens is 1. The Morgan fingerprint density at radius 2 is 1.95 bits per heavy atom. The summed E-state index contributed by atoms with van der Waals surface area (Å²) in [6.45, 7) is 10.1. The first kappa shape index (κ1) is 15.3. The normalized spacial score (nSPS) is 18.4. The number of phenolic OH excluding ortho intramolecular Hbond substituents is 1. The molecule has 1 aliphatic rings. The molecule has 0 spiro atoms. The summed E-state index contributed by atoms with van der Waals surface area (Å²) in [6.07, 6.45) is 0.928. The highest BCUT2D eigenvalue weighted by atomic mass is 19.1. The Bertz CT molecular complexity index is 456. The molecule has 1 aromatic rings. The summed E-state index contributed by atoms with van der Waals surface area (Å²) in [5.74, 6) is -0.194. The Morgan fingerprint density at radius 1 is 1.30 bits per heavy atom. The highest BCUT2D eigenvalue weighted by Crippen LogP contribution is 2.37. The highest BCUT2D eigenvalue weighted by molar-refractivity contribution is 5.42. The zero-order valence-electron chi connectivity index (χ0n) is 12.6. The number of hydrogen-bond acceptors (Lipinski definition) is 3. The van der Waals surface area contributed by atoms with E-state index in [1.54, 1.807) is 6.07 Å². The number of nitrogens with zero attached hydrogens (tertiary/aromatic N) is 1. The summed E-state index contributed by atoms with van der Waals surface area (Å²) < 4.78 is 13.7. The maximum absolute atomic E-state index is 13.7. The molecule has 1 aliphatic heterocycles. The van der Waals surface area contributed by atoms with E-state index in [4.69, 9.17) is 0 Å². The van der Waals surface area contributed by atoms with Gasteiger partial charge in [-0.25, -0.2) is 4.39 Å². The zero-order chi connectivity index (χ0) is 14.7. The second kappa shape index (κ2) is 6.55. The van der Waals surface area contributed by atoms with E-state index in [2.05, 4.69) is 24.1 Å². The zero-order valence-corrected chi connectivity index (χ0v) is 12.6. The topological polar surface area (TPSA) is 35.5 Å². The van der Waals surface area contributed by atoms with Crippen LogP contribution in [0, 0.1) is 18.7 Å². The molecule has 4 heteroatoms. The molecule has 1 heterocycles. The molecule has 112 valence electrons. The van der Waals surface area contributed by atoms with Gasteiger partial charge in [0.25, 0.3) is 0 Å². The summed E-state index contributed by atoms with van der Waals surface area (Å²) in [5.41, 5.74) is 1.73. The van der Waals surface area contributed by atoms with E-state index in [1.165, 1.54) is 6.07 Å². The van der Waals surface area contributed by atoms with Gasteiger partial charge in [0, 0.05) is 37.8 Å². The number of aromatic hydroxyl groups is 1. The SMILES string of the molecule is Cc1ccc(F)c(O)c1[C@@H](CC(C)C)N1CCNCC1. The van der Waals surface area contributed by atoms with Crippen LogP contribution in [0.15, 0.2) is 12.1 Å². The third-order valence-electron chi connectivity index (χ3n) is 4.01. The Labute approximate surface area is 120 Å². The summed E-state index contributed by atoms with van der Waals surface area (Å²) in [7, 11) is 0. The van der Waals surface area contributed by atoms with E-state index in [0.29, 0.717) is 5.92 Å². The van der Waals surface area contributed by atoms with Gasteiger partial charge in [0.15, 0.2) is 11.6 Å². The fourth-order valence-corrected chi connectivity index (χ4v) is 2.99. The quantitative estimate of drug-likeness (QED) is 0.890. The molecule has 20 heavy (non-hydrogen) atoms. The van der Waals surface area contributed by atoms with Crippen LogP contribution in [0.2, 0.25) is 0 Å². The summed E-state index contributed by atoms with van der Waals surface area (Å²) in [4.78, 5) is 2.36. The molecule has 0 unspecified atom stereocenters. The number of aryl methyl sites for hydroxylation is 1. The number of rotatable bonds is 4. The number of benzene rings is 1. The standard InChI is InChI=1S/C16H25FN2O/c1-11(2)10-14(19-8-6-18-7-9-19)15-12(3)4-5-13(17)16(15)20/h4-5,11,14,18,20H,6-10H2,1-3H3/t14-/m1/s1.